The van der Waals surface area contributed by atoms with Crippen LogP contribution in [0.3, 0.4) is 0 Å². The molecule has 0 saturated carbocycles. The molecule has 1 N–H and O–H groups in total. The molecule has 0 aromatic carbocycles. The third-order valence-corrected chi connectivity index (χ3v) is 3.70. The highest BCUT2D eigenvalue weighted by Crippen LogP contribution is 2.22. The fourth-order valence-electron chi connectivity index (χ4n) is 2.17. The Morgan fingerprint density at radius 1 is 1.38 bits per heavy atom. The Labute approximate surface area is 100 Å². The van der Waals surface area contributed by atoms with E-state index in [-0.39, 0.29) is 11.5 Å². The van der Waals surface area contributed by atoms with Crippen LogP contribution in [-0.2, 0) is 0 Å². The van der Waals surface area contributed by atoms with Crippen LogP contribution in [-0.4, -0.2) is 60.8 Å². The first kappa shape index (κ1) is 13.9. The quantitative estimate of drug-likeness (QED) is 0.788. The van der Waals surface area contributed by atoms with Crippen molar-refractivity contribution in [1.29, 1.82) is 0 Å². The van der Waals surface area contributed by atoms with Gasteiger partial charge in [-0.25, -0.2) is 0 Å². The van der Waals surface area contributed by atoms with Gasteiger partial charge in [-0.1, -0.05) is 20.8 Å². The summed E-state index contributed by atoms with van der Waals surface area (Å²) in [4.78, 5) is 4.78. The second-order valence-electron chi connectivity index (χ2n) is 6.38. The first-order valence-electron chi connectivity index (χ1n) is 6.37. The zero-order valence-corrected chi connectivity index (χ0v) is 11.5. The molecule has 2 atom stereocenters. The SMILES string of the molecule is CN(C)C1CCN(CCC(O)C(C)(C)C)C1. The maximum Gasteiger partial charge on any atom is 0.0600 e. The first-order chi connectivity index (χ1) is 7.30. The van der Waals surface area contributed by atoms with Crippen LogP contribution in [0, 0.1) is 5.41 Å². The summed E-state index contributed by atoms with van der Waals surface area (Å²) >= 11 is 0. The van der Waals surface area contributed by atoms with Gasteiger partial charge in [-0.05, 0) is 38.9 Å². The first-order valence-corrected chi connectivity index (χ1v) is 6.37. The van der Waals surface area contributed by atoms with Gasteiger partial charge in [0.05, 0.1) is 6.10 Å². The van der Waals surface area contributed by atoms with E-state index in [2.05, 4.69) is 44.7 Å². The maximum atomic E-state index is 9.98. The van der Waals surface area contributed by atoms with Crippen LogP contribution >= 0.6 is 0 Å². The van der Waals surface area contributed by atoms with Gasteiger partial charge in [0.2, 0.25) is 0 Å². The maximum absolute atomic E-state index is 9.98. The van der Waals surface area contributed by atoms with Crippen LogP contribution in [0.2, 0.25) is 0 Å². The molecule has 1 fully saturated rings. The van der Waals surface area contributed by atoms with Crippen LogP contribution in [0.15, 0.2) is 0 Å². The zero-order valence-electron chi connectivity index (χ0n) is 11.5. The normalized spacial score (nSPS) is 25.3. The summed E-state index contributed by atoms with van der Waals surface area (Å²) in [5, 5.41) is 9.98. The molecule has 0 aliphatic carbocycles. The van der Waals surface area contributed by atoms with Crippen molar-refractivity contribution < 1.29 is 5.11 Å². The highest BCUT2D eigenvalue weighted by Gasteiger charge is 2.26. The van der Waals surface area contributed by atoms with Gasteiger partial charge in [0.15, 0.2) is 0 Å². The Balaban J connectivity index is 2.25. The van der Waals surface area contributed by atoms with Gasteiger partial charge in [0.25, 0.3) is 0 Å². The van der Waals surface area contributed by atoms with Gasteiger partial charge in [-0.2, -0.15) is 0 Å². The smallest absolute Gasteiger partial charge is 0.0600 e. The second kappa shape index (κ2) is 5.48. The summed E-state index contributed by atoms with van der Waals surface area (Å²) in [6.45, 7) is 9.67. The molecule has 96 valence electrons. The molecule has 1 rings (SSSR count). The lowest BCUT2D eigenvalue weighted by molar-refractivity contribution is 0.0472. The summed E-state index contributed by atoms with van der Waals surface area (Å²) < 4.78 is 0. The Morgan fingerprint density at radius 2 is 2.00 bits per heavy atom. The minimum Gasteiger partial charge on any atom is -0.393 e. The molecule has 0 radical (unpaired) electrons. The van der Waals surface area contributed by atoms with Gasteiger partial charge in [-0.3, -0.25) is 0 Å². The van der Waals surface area contributed by atoms with Gasteiger partial charge in [0.1, 0.15) is 0 Å². The average molecular weight is 228 g/mol. The Kier molecular flexibility index (Phi) is 4.77. The van der Waals surface area contributed by atoms with Crippen molar-refractivity contribution in [2.45, 2.75) is 45.8 Å². The standard InChI is InChI=1S/C13H28N2O/c1-13(2,3)12(16)7-9-15-8-6-11(10-15)14(4)5/h11-12,16H,6-10H2,1-5H3. The molecule has 16 heavy (non-hydrogen) atoms. The van der Waals surface area contributed by atoms with Gasteiger partial charge >= 0.3 is 0 Å². The molecular weight excluding hydrogens is 200 g/mol. The Bertz CT molecular complexity index is 210. The zero-order chi connectivity index (χ0) is 12.3. The predicted molar refractivity (Wildman–Crippen MR) is 68.6 cm³/mol. The number of rotatable bonds is 4. The van der Waals surface area contributed by atoms with Crippen molar-refractivity contribution in [3.8, 4) is 0 Å². The third kappa shape index (κ3) is 4.04. The predicted octanol–water partition coefficient (Wildman–Crippen LogP) is 1.42. The number of likely N-dealkylation sites (tertiary alicyclic amines) is 1. The molecule has 0 aromatic rings. The van der Waals surface area contributed by atoms with Crippen LogP contribution in [0.1, 0.15) is 33.6 Å². The number of nitrogens with zero attached hydrogens (tertiary/aromatic N) is 2. The lowest BCUT2D eigenvalue weighted by Crippen LogP contribution is -2.34. The molecule has 3 heteroatoms. The lowest BCUT2D eigenvalue weighted by atomic mass is 9.87. The van der Waals surface area contributed by atoms with Gasteiger partial charge in [0, 0.05) is 19.1 Å². The summed E-state index contributed by atoms with van der Waals surface area (Å²) in [7, 11) is 4.30. The third-order valence-electron chi connectivity index (χ3n) is 3.70. The van der Waals surface area contributed by atoms with E-state index in [1.165, 1.54) is 13.0 Å². The van der Waals surface area contributed by atoms with E-state index in [1.54, 1.807) is 0 Å². The molecular formula is C13H28N2O. The summed E-state index contributed by atoms with van der Waals surface area (Å²) in [6, 6.07) is 0.701. The molecule has 1 aliphatic rings. The second-order valence-corrected chi connectivity index (χ2v) is 6.38. The van der Waals surface area contributed by atoms with Crippen molar-refractivity contribution >= 4 is 0 Å². The number of aliphatic hydroxyl groups excluding tert-OH is 1. The fourth-order valence-corrected chi connectivity index (χ4v) is 2.17. The van der Waals surface area contributed by atoms with Gasteiger partial charge in [-0.15, -0.1) is 0 Å². The van der Waals surface area contributed by atoms with Crippen molar-refractivity contribution in [2.75, 3.05) is 33.7 Å². The van der Waals surface area contributed by atoms with E-state index in [9.17, 15) is 5.11 Å². The molecule has 0 bridgehead atoms. The topological polar surface area (TPSA) is 26.7 Å². The molecule has 0 amide bonds. The molecule has 1 aliphatic heterocycles. The molecule has 2 unspecified atom stereocenters. The molecule has 3 nitrogen and oxygen atoms in total. The minimum atomic E-state index is -0.189. The van der Waals surface area contributed by atoms with Crippen LogP contribution in [0.4, 0.5) is 0 Å². The van der Waals surface area contributed by atoms with E-state index in [0.717, 1.165) is 19.5 Å². The van der Waals surface area contributed by atoms with Crippen LogP contribution in [0.5, 0.6) is 0 Å². The van der Waals surface area contributed by atoms with Gasteiger partial charge < -0.3 is 14.9 Å². The van der Waals surface area contributed by atoms with Crippen LogP contribution < -0.4 is 0 Å². The van der Waals surface area contributed by atoms with E-state index < -0.39 is 0 Å². The summed E-state index contributed by atoms with van der Waals surface area (Å²) in [6.07, 6.45) is 1.97. The van der Waals surface area contributed by atoms with Crippen molar-refractivity contribution in [2.24, 2.45) is 5.41 Å². The van der Waals surface area contributed by atoms with Crippen LogP contribution in [0.25, 0.3) is 0 Å². The van der Waals surface area contributed by atoms with Crippen molar-refractivity contribution in [3.63, 3.8) is 0 Å². The Hall–Kier alpha value is -0.120. The van der Waals surface area contributed by atoms with E-state index in [4.69, 9.17) is 0 Å². The number of hydrogen-bond donors (Lipinski definition) is 1. The molecule has 0 spiro atoms. The molecule has 1 heterocycles. The van der Waals surface area contributed by atoms with E-state index in [1.807, 2.05) is 0 Å². The summed E-state index contributed by atoms with van der Waals surface area (Å²) in [5.74, 6) is 0. The highest BCUT2D eigenvalue weighted by atomic mass is 16.3. The Morgan fingerprint density at radius 3 is 2.44 bits per heavy atom. The van der Waals surface area contributed by atoms with E-state index in [0.29, 0.717) is 6.04 Å². The average Bonchev–Trinajstić information content (AvgIpc) is 2.60. The van der Waals surface area contributed by atoms with E-state index >= 15 is 0 Å². The minimum absolute atomic E-state index is 0.0146. The largest absolute Gasteiger partial charge is 0.393 e. The monoisotopic (exact) mass is 228 g/mol. The molecule has 0 aromatic heterocycles. The van der Waals surface area contributed by atoms with Crippen molar-refractivity contribution in [1.82, 2.24) is 9.80 Å². The number of likely N-dealkylation sites (N-methyl/N-ethyl adjacent to an activating group) is 1. The van der Waals surface area contributed by atoms with Crippen molar-refractivity contribution in [3.05, 3.63) is 0 Å². The molecule has 1 saturated heterocycles. The lowest BCUT2D eigenvalue weighted by Gasteiger charge is -2.28. The number of hydrogen-bond acceptors (Lipinski definition) is 3. The fraction of sp³-hybridized carbons (Fsp3) is 1.00. The summed E-state index contributed by atoms with van der Waals surface area (Å²) in [5.41, 5.74) is 0.0146. The highest BCUT2D eigenvalue weighted by molar-refractivity contribution is 4.82. The number of aliphatic hydroxyl groups is 1.